The third-order valence-electron chi connectivity index (χ3n) is 11.1. The van der Waals surface area contributed by atoms with Crippen molar-refractivity contribution in [3.8, 4) is 44.5 Å². The molecular weight excluding hydrogens is 749 g/mol. The fourth-order valence-electron chi connectivity index (χ4n) is 8.47. The topological polar surface area (TPSA) is 49.9 Å². The minimum atomic E-state index is -0.656. The van der Waals surface area contributed by atoms with Crippen LogP contribution in [-0.2, 0) is 4.74 Å². The third kappa shape index (κ3) is 6.94. The standard InChI is InChI=1S/C56H38N2O3/c59-55-53-51(39-19-7-1-8-20-39)49(41-31-35-47(36-32-41)57(43-23-11-3-12-24-43)44-25-13-4-14-26-44)50(52(54(53)56(60)61-55)40-21-9-2-10-22-40)42-33-37-48(38-34-42)58(45-27-15-5-16-28-45)46-29-17-6-18-30-46/h1-38H. The van der Waals surface area contributed by atoms with Crippen molar-refractivity contribution in [1.82, 2.24) is 0 Å². The first-order valence-electron chi connectivity index (χ1n) is 20.3. The summed E-state index contributed by atoms with van der Waals surface area (Å²) in [5.74, 6) is -1.31. The molecular formula is C56H38N2O3. The molecule has 0 aliphatic carbocycles. The summed E-state index contributed by atoms with van der Waals surface area (Å²) < 4.78 is 5.54. The molecule has 5 heteroatoms. The van der Waals surface area contributed by atoms with E-state index in [4.69, 9.17) is 4.74 Å². The summed E-state index contributed by atoms with van der Waals surface area (Å²) in [6, 6.07) is 77.8. The smallest absolute Gasteiger partial charge is 0.347 e. The van der Waals surface area contributed by atoms with Crippen molar-refractivity contribution in [3.63, 3.8) is 0 Å². The highest BCUT2D eigenvalue weighted by molar-refractivity contribution is 6.25. The van der Waals surface area contributed by atoms with Gasteiger partial charge in [0.05, 0.1) is 11.1 Å². The Balaban J connectivity index is 1.24. The summed E-state index contributed by atoms with van der Waals surface area (Å²) >= 11 is 0. The third-order valence-corrected chi connectivity index (χ3v) is 11.1. The van der Waals surface area contributed by atoms with E-state index in [-0.39, 0.29) is 11.1 Å². The molecule has 0 radical (unpaired) electrons. The van der Waals surface area contributed by atoms with E-state index in [0.29, 0.717) is 11.1 Å². The summed E-state index contributed by atoms with van der Waals surface area (Å²) in [4.78, 5) is 32.6. The Morgan fingerprint density at radius 2 is 0.443 bits per heavy atom. The molecule has 1 heterocycles. The van der Waals surface area contributed by atoms with Crippen molar-refractivity contribution in [2.24, 2.45) is 0 Å². The number of anilines is 6. The van der Waals surface area contributed by atoms with Crippen LogP contribution in [-0.4, -0.2) is 11.9 Å². The normalized spacial score (nSPS) is 11.8. The van der Waals surface area contributed by atoms with Crippen LogP contribution in [0.25, 0.3) is 44.5 Å². The van der Waals surface area contributed by atoms with Crippen LogP contribution >= 0.6 is 0 Å². The molecule has 0 atom stereocenters. The molecule has 10 rings (SSSR count). The molecule has 0 unspecified atom stereocenters. The van der Waals surface area contributed by atoms with E-state index >= 15 is 0 Å². The fraction of sp³-hybridized carbons (Fsp3) is 0. The lowest BCUT2D eigenvalue weighted by molar-refractivity contribution is 0.0444. The molecule has 0 saturated heterocycles. The van der Waals surface area contributed by atoms with Gasteiger partial charge in [-0.3, -0.25) is 0 Å². The van der Waals surface area contributed by atoms with Gasteiger partial charge in [0.1, 0.15) is 0 Å². The molecule has 0 bridgehead atoms. The summed E-state index contributed by atoms with van der Waals surface area (Å²) in [5.41, 5.74) is 12.9. The van der Waals surface area contributed by atoms with Crippen LogP contribution < -0.4 is 9.80 Å². The lowest BCUT2D eigenvalue weighted by atomic mass is 9.77. The Morgan fingerprint density at radius 3 is 0.721 bits per heavy atom. The first-order valence-corrected chi connectivity index (χ1v) is 20.3. The predicted molar refractivity (Wildman–Crippen MR) is 247 cm³/mol. The molecule has 0 saturated carbocycles. The zero-order valence-electron chi connectivity index (χ0n) is 33.1. The van der Waals surface area contributed by atoms with E-state index < -0.39 is 11.9 Å². The molecule has 0 spiro atoms. The van der Waals surface area contributed by atoms with Gasteiger partial charge in [-0.1, -0.05) is 158 Å². The molecule has 5 nitrogen and oxygen atoms in total. The average molecular weight is 787 g/mol. The second kappa shape index (κ2) is 16.2. The molecule has 290 valence electrons. The molecule has 9 aromatic carbocycles. The highest BCUT2D eigenvalue weighted by atomic mass is 16.6. The number of hydrogen-bond donors (Lipinski definition) is 0. The van der Waals surface area contributed by atoms with Crippen LogP contribution in [0.15, 0.2) is 231 Å². The molecule has 0 aromatic heterocycles. The van der Waals surface area contributed by atoms with Gasteiger partial charge in [0.2, 0.25) is 0 Å². The number of hydrogen-bond acceptors (Lipinski definition) is 5. The van der Waals surface area contributed by atoms with E-state index in [2.05, 4.69) is 107 Å². The maximum absolute atomic E-state index is 14.1. The fourth-order valence-corrected chi connectivity index (χ4v) is 8.47. The van der Waals surface area contributed by atoms with Crippen LogP contribution in [0.5, 0.6) is 0 Å². The SMILES string of the molecule is O=C1OC(=O)c2c1c(-c1ccccc1)c(-c1ccc(N(c3ccccc3)c3ccccc3)cc1)c(-c1ccc(N(c3ccccc3)c3ccccc3)cc1)c2-c1ccccc1. The van der Waals surface area contributed by atoms with Gasteiger partial charge in [-0.05, 0) is 106 Å². The largest absolute Gasteiger partial charge is 0.386 e. The average Bonchev–Trinajstić information content (AvgIpc) is 3.63. The highest BCUT2D eigenvalue weighted by Gasteiger charge is 2.40. The molecule has 9 aromatic rings. The molecule has 1 aliphatic heterocycles. The maximum atomic E-state index is 14.1. The number of esters is 2. The highest BCUT2D eigenvalue weighted by Crippen LogP contribution is 2.52. The van der Waals surface area contributed by atoms with Crippen LogP contribution in [0, 0.1) is 0 Å². The van der Waals surface area contributed by atoms with Crippen molar-refractivity contribution in [2.45, 2.75) is 0 Å². The Labute approximate surface area is 355 Å². The molecule has 0 amide bonds. The Morgan fingerprint density at radius 1 is 0.230 bits per heavy atom. The summed E-state index contributed by atoms with van der Waals surface area (Å²) in [5, 5.41) is 0. The quantitative estimate of drug-likeness (QED) is 0.102. The molecule has 0 fully saturated rings. The number of para-hydroxylation sites is 4. The zero-order valence-corrected chi connectivity index (χ0v) is 33.1. The number of carbonyl (C=O) groups excluding carboxylic acids is 2. The minimum absolute atomic E-state index is 0.268. The van der Waals surface area contributed by atoms with Crippen LogP contribution in [0.4, 0.5) is 34.1 Å². The summed E-state index contributed by atoms with van der Waals surface area (Å²) in [6.45, 7) is 0. The van der Waals surface area contributed by atoms with Crippen molar-refractivity contribution in [3.05, 3.63) is 242 Å². The van der Waals surface area contributed by atoms with Crippen molar-refractivity contribution in [2.75, 3.05) is 9.80 Å². The van der Waals surface area contributed by atoms with Crippen molar-refractivity contribution in [1.29, 1.82) is 0 Å². The van der Waals surface area contributed by atoms with Gasteiger partial charge in [-0.15, -0.1) is 0 Å². The van der Waals surface area contributed by atoms with Crippen LogP contribution in [0.1, 0.15) is 20.7 Å². The molecule has 0 N–H and O–H groups in total. The number of ether oxygens (including phenoxy) is 1. The predicted octanol–water partition coefficient (Wildman–Crippen LogP) is 14.6. The first kappa shape index (κ1) is 37.0. The lowest BCUT2D eigenvalue weighted by Crippen LogP contribution is -2.10. The number of rotatable bonds is 10. The Bertz CT molecular complexity index is 2690. The second-order valence-corrected chi connectivity index (χ2v) is 14.8. The van der Waals surface area contributed by atoms with Gasteiger partial charge in [0.15, 0.2) is 0 Å². The van der Waals surface area contributed by atoms with Gasteiger partial charge in [-0.2, -0.15) is 0 Å². The summed E-state index contributed by atoms with van der Waals surface area (Å²) in [7, 11) is 0. The van der Waals surface area contributed by atoms with E-state index in [9.17, 15) is 9.59 Å². The monoisotopic (exact) mass is 786 g/mol. The van der Waals surface area contributed by atoms with E-state index in [0.717, 1.165) is 67.5 Å². The minimum Gasteiger partial charge on any atom is -0.386 e. The first-order chi connectivity index (χ1) is 30.1. The Kier molecular flexibility index (Phi) is 9.81. The van der Waals surface area contributed by atoms with E-state index in [1.807, 2.05) is 133 Å². The second-order valence-electron chi connectivity index (χ2n) is 14.8. The van der Waals surface area contributed by atoms with Crippen LogP contribution in [0.2, 0.25) is 0 Å². The Hall–Kier alpha value is -8.28. The van der Waals surface area contributed by atoms with Gasteiger partial charge < -0.3 is 14.5 Å². The number of carbonyl (C=O) groups is 2. The van der Waals surface area contributed by atoms with Crippen molar-refractivity contribution >= 4 is 46.1 Å². The van der Waals surface area contributed by atoms with Gasteiger partial charge in [-0.25, -0.2) is 9.59 Å². The van der Waals surface area contributed by atoms with Gasteiger partial charge in [0.25, 0.3) is 0 Å². The number of nitrogens with zero attached hydrogens (tertiary/aromatic N) is 2. The van der Waals surface area contributed by atoms with Gasteiger partial charge >= 0.3 is 11.9 Å². The lowest BCUT2D eigenvalue weighted by Gasteiger charge is -2.27. The number of cyclic esters (lactones) is 2. The van der Waals surface area contributed by atoms with Crippen molar-refractivity contribution < 1.29 is 14.3 Å². The van der Waals surface area contributed by atoms with E-state index in [1.165, 1.54) is 0 Å². The number of fused-ring (bicyclic) bond motifs is 1. The van der Waals surface area contributed by atoms with Gasteiger partial charge in [0, 0.05) is 45.3 Å². The number of benzene rings is 9. The summed E-state index contributed by atoms with van der Waals surface area (Å²) in [6.07, 6.45) is 0. The molecule has 1 aliphatic rings. The van der Waals surface area contributed by atoms with E-state index in [1.54, 1.807) is 0 Å². The maximum Gasteiger partial charge on any atom is 0.347 e. The van der Waals surface area contributed by atoms with Crippen LogP contribution in [0.3, 0.4) is 0 Å². The zero-order chi connectivity index (χ0) is 41.1. The molecule has 61 heavy (non-hydrogen) atoms.